The molecule has 2 rings (SSSR count). The maximum Gasteiger partial charge on any atom is 0.329 e. The minimum absolute atomic E-state index is 0. The number of hydrogen-bond acceptors (Lipinski definition) is 4. The van der Waals surface area contributed by atoms with Crippen LogP contribution in [0.1, 0.15) is 19.4 Å². The molecule has 24 heavy (non-hydrogen) atoms. The van der Waals surface area contributed by atoms with Crippen LogP contribution >= 0.6 is 28.3 Å². The third-order valence-electron chi connectivity index (χ3n) is 3.30. The Labute approximate surface area is 155 Å². The fourth-order valence-corrected chi connectivity index (χ4v) is 2.37. The van der Waals surface area contributed by atoms with E-state index in [1.807, 2.05) is 38.1 Å². The van der Waals surface area contributed by atoms with Gasteiger partial charge in [-0.1, -0.05) is 41.9 Å². The van der Waals surface area contributed by atoms with Gasteiger partial charge in [0.1, 0.15) is 5.70 Å². The van der Waals surface area contributed by atoms with Gasteiger partial charge in [-0.2, -0.15) is 0 Å². The van der Waals surface area contributed by atoms with Crippen LogP contribution in [-0.4, -0.2) is 47.2 Å². The monoisotopic (exact) mass is 417 g/mol. The number of rotatable bonds is 6. The molecule has 0 aliphatic carbocycles. The van der Waals surface area contributed by atoms with Crippen LogP contribution in [0.4, 0.5) is 4.79 Å². The molecule has 1 fully saturated rings. The summed E-state index contributed by atoms with van der Waals surface area (Å²) in [6.45, 7) is 4.20. The highest BCUT2D eigenvalue weighted by atomic mass is 79.9. The van der Waals surface area contributed by atoms with Crippen LogP contribution in [0.15, 0.2) is 34.4 Å². The molecule has 6 nitrogen and oxygen atoms in total. The summed E-state index contributed by atoms with van der Waals surface area (Å²) >= 11 is 3.34. The van der Waals surface area contributed by atoms with Crippen molar-refractivity contribution >= 4 is 46.4 Å². The number of aliphatic hydroxyl groups is 1. The summed E-state index contributed by atoms with van der Waals surface area (Å²) < 4.78 is 0.934. The van der Waals surface area contributed by atoms with E-state index in [-0.39, 0.29) is 30.7 Å². The Morgan fingerprint density at radius 1 is 1.29 bits per heavy atom. The van der Waals surface area contributed by atoms with Gasteiger partial charge in [-0.25, -0.2) is 4.79 Å². The van der Waals surface area contributed by atoms with Crippen molar-refractivity contribution in [2.75, 3.05) is 13.1 Å². The summed E-state index contributed by atoms with van der Waals surface area (Å²) in [7, 11) is 0. The normalized spacial score (nSPS) is 17.2. The van der Waals surface area contributed by atoms with E-state index in [1.54, 1.807) is 6.08 Å². The van der Waals surface area contributed by atoms with Gasteiger partial charge in [-0.3, -0.25) is 9.69 Å². The van der Waals surface area contributed by atoms with Crippen molar-refractivity contribution < 1.29 is 14.7 Å². The first-order chi connectivity index (χ1) is 10.9. The average molecular weight is 419 g/mol. The smallest absolute Gasteiger partial charge is 0.329 e. The maximum atomic E-state index is 12.3. The van der Waals surface area contributed by atoms with Crippen molar-refractivity contribution in [3.05, 3.63) is 40.0 Å². The topological polar surface area (TPSA) is 81.7 Å². The summed E-state index contributed by atoms with van der Waals surface area (Å²) in [5.74, 6) is -0.429. The van der Waals surface area contributed by atoms with E-state index in [0.717, 1.165) is 14.9 Å². The van der Waals surface area contributed by atoms with E-state index in [0.29, 0.717) is 6.54 Å². The fraction of sp³-hybridized carbons (Fsp3) is 0.375. The molecule has 1 aromatic carbocycles. The Kier molecular flexibility index (Phi) is 7.89. The van der Waals surface area contributed by atoms with E-state index in [4.69, 9.17) is 0 Å². The first kappa shape index (κ1) is 20.6. The second-order valence-electron chi connectivity index (χ2n) is 5.67. The highest BCUT2D eigenvalue weighted by molar-refractivity contribution is 9.10. The number of carbonyl (C=O) groups excluding carboxylic acids is 2. The average Bonchev–Trinajstić information content (AvgIpc) is 2.75. The molecule has 0 radical (unpaired) electrons. The lowest BCUT2D eigenvalue weighted by molar-refractivity contribution is -0.123. The molecule has 1 atom stereocenters. The number of nitrogens with one attached hydrogen (secondary N) is 2. The largest absolute Gasteiger partial charge is 0.390 e. The molecule has 1 unspecified atom stereocenters. The zero-order chi connectivity index (χ0) is 17.0. The molecule has 0 bridgehead atoms. The van der Waals surface area contributed by atoms with Crippen molar-refractivity contribution in [2.45, 2.75) is 26.0 Å². The number of urea groups is 1. The van der Waals surface area contributed by atoms with Crippen molar-refractivity contribution in [2.24, 2.45) is 0 Å². The molecule has 3 amide bonds. The Balaban J connectivity index is 0.00000288. The van der Waals surface area contributed by atoms with Crippen LogP contribution in [0.3, 0.4) is 0 Å². The van der Waals surface area contributed by atoms with Crippen LogP contribution in [0.2, 0.25) is 0 Å². The third kappa shape index (κ3) is 5.59. The lowest BCUT2D eigenvalue weighted by Crippen LogP contribution is -2.42. The summed E-state index contributed by atoms with van der Waals surface area (Å²) in [5, 5.41) is 15.5. The zero-order valence-electron chi connectivity index (χ0n) is 13.5. The SMILES string of the molecule is CC(C)NCC(O)CN1C(=O)N/C(=C\c2ccc(Br)cc2)C1=O.Cl. The third-order valence-corrected chi connectivity index (χ3v) is 3.83. The van der Waals surface area contributed by atoms with E-state index in [2.05, 4.69) is 26.6 Å². The zero-order valence-corrected chi connectivity index (χ0v) is 15.9. The summed E-state index contributed by atoms with van der Waals surface area (Å²) in [5.41, 5.74) is 1.02. The van der Waals surface area contributed by atoms with Crippen molar-refractivity contribution in [1.29, 1.82) is 0 Å². The van der Waals surface area contributed by atoms with Crippen LogP contribution < -0.4 is 10.6 Å². The van der Waals surface area contributed by atoms with Crippen LogP contribution in [0.25, 0.3) is 6.08 Å². The Morgan fingerprint density at radius 2 is 1.92 bits per heavy atom. The Hall–Kier alpha value is -1.41. The summed E-state index contributed by atoms with van der Waals surface area (Å²) in [6.07, 6.45) is 0.810. The highest BCUT2D eigenvalue weighted by Gasteiger charge is 2.34. The lowest BCUT2D eigenvalue weighted by Gasteiger charge is -2.18. The van der Waals surface area contributed by atoms with Gasteiger partial charge in [0, 0.05) is 17.1 Å². The molecule has 0 spiro atoms. The molecular weight excluding hydrogens is 398 g/mol. The first-order valence-corrected chi connectivity index (χ1v) is 8.17. The molecule has 1 heterocycles. The van der Waals surface area contributed by atoms with Crippen LogP contribution in [0.5, 0.6) is 0 Å². The number of aliphatic hydroxyl groups excluding tert-OH is 1. The second-order valence-corrected chi connectivity index (χ2v) is 6.59. The molecule has 1 aliphatic heterocycles. The summed E-state index contributed by atoms with van der Waals surface area (Å²) in [4.78, 5) is 25.2. The molecule has 0 aromatic heterocycles. The maximum absolute atomic E-state index is 12.3. The Morgan fingerprint density at radius 3 is 2.50 bits per heavy atom. The molecule has 3 N–H and O–H groups in total. The summed E-state index contributed by atoms with van der Waals surface area (Å²) in [6, 6.07) is 7.09. The van der Waals surface area contributed by atoms with Gasteiger partial charge in [0.05, 0.1) is 12.6 Å². The molecule has 1 aliphatic rings. The number of imide groups is 1. The molecule has 132 valence electrons. The predicted molar refractivity (Wildman–Crippen MR) is 98.8 cm³/mol. The number of β-amino-alcohol motifs (C(OH)–C–C–N with tert-alkyl or cyclic N) is 1. The van der Waals surface area contributed by atoms with E-state index < -0.39 is 18.0 Å². The number of halogens is 2. The van der Waals surface area contributed by atoms with Gasteiger partial charge in [0.15, 0.2) is 0 Å². The molecule has 1 aromatic rings. The van der Waals surface area contributed by atoms with Crippen molar-refractivity contribution in [3.63, 3.8) is 0 Å². The highest BCUT2D eigenvalue weighted by Crippen LogP contribution is 2.16. The van der Waals surface area contributed by atoms with Gasteiger partial charge in [-0.05, 0) is 23.8 Å². The molecular formula is C16H21BrClN3O3. The molecule has 1 saturated heterocycles. The minimum atomic E-state index is -0.806. The van der Waals surface area contributed by atoms with Gasteiger partial charge in [0.2, 0.25) is 0 Å². The van der Waals surface area contributed by atoms with Crippen molar-refractivity contribution in [1.82, 2.24) is 15.5 Å². The quantitative estimate of drug-likeness (QED) is 0.488. The number of hydrogen-bond donors (Lipinski definition) is 3. The van der Waals surface area contributed by atoms with Gasteiger partial charge in [0.25, 0.3) is 5.91 Å². The van der Waals surface area contributed by atoms with Gasteiger partial charge >= 0.3 is 6.03 Å². The van der Waals surface area contributed by atoms with E-state index >= 15 is 0 Å². The number of carbonyl (C=O) groups is 2. The Bertz CT molecular complexity index is 619. The fourth-order valence-electron chi connectivity index (χ4n) is 2.11. The molecule has 8 heteroatoms. The number of nitrogens with zero attached hydrogens (tertiary/aromatic N) is 1. The van der Waals surface area contributed by atoms with Crippen LogP contribution in [0, 0.1) is 0 Å². The van der Waals surface area contributed by atoms with E-state index in [1.165, 1.54) is 0 Å². The van der Waals surface area contributed by atoms with Gasteiger partial charge in [-0.15, -0.1) is 12.4 Å². The van der Waals surface area contributed by atoms with Crippen molar-refractivity contribution in [3.8, 4) is 0 Å². The molecule has 0 saturated carbocycles. The minimum Gasteiger partial charge on any atom is -0.390 e. The van der Waals surface area contributed by atoms with E-state index in [9.17, 15) is 14.7 Å². The van der Waals surface area contributed by atoms with Crippen LogP contribution in [-0.2, 0) is 4.79 Å². The lowest BCUT2D eigenvalue weighted by atomic mass is 10.2. The number of benzene rings is 1. The van der Waals surface area contributed by atoms with Gasteiger partial charge < -0.3 is 15.7 Å². The predicted octanol–water partition coefficient (Wildman–Crippen LogP) is 2.12. The standard InChI is InChI=1S/C16H20BrN3O3.ClH/c1-10(2)18-8-13(21)9-20-15(22)14(19-16(20)23)7-11-3-5-12(17)6-4-11;/h3-7,10,13,18,21H,8-9H2,1-2H3,(H,19,23);1H/b14-7-;. The first-order valence-electron chi connectivity index (χ1n) is 7.38. The second kappa shape index (κ2) is 9.17. The number of amides is 3.